The van der Waals surface area contributed by atoms with Crippen molar-refractivity contribution in [3.63, 3.8) is 0 Å². The van der Waals surface area contributed by atoms with Gasteiger partial charge in [0.15, 0.2) is 0 Å². The van der Waals surface area contributed by atoms with Crippen LogP contribution in [0.4, 0.5) is 5.69 Å². The van der Waals surface area contributed by atoms with Gasteiger partial charge in [-0.05, 0) is 45.4 Å². The minimum absolute atomic E-state index is 0.112. The molecule has 1 aromatic rings. The van der Waals surface area contributed by atoms with Crippen molar-refractivity contribution in [3.05, 3.63) is 23.2 Å². The highest BCUT2D eigenvalue weighted by Crippen LogP contribution is 2.29. The topological polar surface area (TPSA) is 56.8 Å². The summed E-state index contributed by atoms with van der Waals surface area (Å²) in [6.07, 6.45) is 0.468. The Kier molecular flexibility index (Phi) is 7.82. The van der Waals surface area contributed by atoms with Gasteiger partial charge in [0, 0.05) is 19.4 Å². The molecule has 1 N–H and O–H groups in total. The number of hydrogen-bond donors (Lipinski definition) is 1. The van der Waals surface area contributed by atoms with Gasteiger partial charge in [-0.15, -0.1) is 0 Å². The monoisotopic (exact) mass is 343 g/mol. The lowest BCUT2D eigenvalue weighted by Gasteiger charge is -2.26. The van der Waals surface area contributed by atoms with Crippen LogP contribution in [0.1, 0.15) is 34.1 Å². The van der Waals surface area contributed by atoms with Crippen LogP contribution in [-0.4, -0.2) is 37.9 Å². The van der Waals surface area contributed by atoms with Crippen LogP contribution in [0.15, 0.2) is 18.2 Å². The number of rotatable bonds is 9. The third-order valence-electron chi connectivity index (χ3n) is 3.54. The summed E-state index contributed by atoms with van der Waals surface area (Å²) in [5, 5.41) is 3.27. The molecule has 5 nitrogen and oxygen atoms in total. The van der Waals surface area contributed by atoms with Crippen molar-refractivity contribution in [1.29, 1.82) is 0 Å². The third-order valence-corrected chi connectivity index (χ3v) is 3.83. The summed E-state index contributed by atoms with van der Waals surface area (Å²) < 4.78 is 16.3. The first-order valence-corrected chi connectivity index (χ1v) is 8.14. The Morgan fingerprint density at radius 2 is 2.09 bits per heavy atom. The molecule has 0 saturated heterocycles. The Balaban J connectivity index is 2.79. The van der Waals surface area contributed by atoms with E-state index in [-0.39, 0.29) is 12.0 Å². The van der Waals surface area contributed by atoms with Crippen LogP contribution in [0.2, 0.25) is 5.02 Å². The molecule has 0 unspecified atom stereocenters. The minimum Gasteiger partial charge on any atom is -0.487 e. The van der Waals surface area contributed by atoms with Crippen molar-refractivity contribution in [2.75, 3.05) is 25.6 Å². The summed E-state index contributed by atoms with van der Waals surface area (Å²) in [5.41, 5.74) is -0.255. The van der Waals surface area contributed by atoms with Crippen LogP contribution >= 0.6 is 11.6 Å². The van der Waals surface area contributed by atoms with Crippen molar-refractivity contribution < 1.29 is 19.0 Å². The maximum Gasteiger partial charge on any atom is 0.256 e. The number of hydrogen-bond acceptors (Lipinski definition) is 4. The van der Waals surface area contributed by atoms with Crippen molar-refractivity contribution in [2.24, 2.45) is 0 Å². The number of halogens is 1. The lowest BCUT2D eigenvalue weighted by molar-refractivity contribution is -0.139. The first-order chi connectivity index (χ1) is 10.9. The molecule has 1 amide bonds. The number of anilines is 1. The van der Waals surface area contributed by atoms with Gasteiger partial charge in [-0.1, -0.05) is 18.5 Å². The summed E-state index contributed by atoms with van der Waals surface area (Å²) in [6.45, 7) is 8.39. The first-order valence-electron chi connectivity index (χ1n) is 7.76. The lowest BCUT2D eigenvalue weighted by Crippen LogP contribution is -2.42. The van der Waals surface area contributed by atoms with Crippen molar-refractivity contribution in [3.8, 4) is 5.75 Å². The normalized spacial score (nSPS) is 14.9. The first kappa shape index (κ1) is 19.7. The predicted octanol–water partition coefficient (Wildman–Crippen LogP) is 3.90. The standard InChI is InChI=1S/C17H26ClNO4/c1-6-17(4,22-7-2)16(20)19-13-8-9-15(14(18)10-13)23-12(3)11-21-5/h8-10,12H,6-7,11H2,1-5H3,(H,19,20)/t12-,17-/m1/s1. The number of ether oxygens (including phenoxy) is 3. The zero-order valence-electron chi connectivity index (χ0n) is 14.4. The Morgan fingerprint density at radius 3 is 2.61 bits per heavy atom. The number of methoxy groups -OCH3 is 1. The van der Waals surface area contributed by atoms with E-state index in [0.717, 1.165) is 0 Å². The van der Waals surface area contributed by atoms with E-state index in [0.29, 0.717) is 36.1 Å². The molecule has 0 radical (unpaired) electrons. The largest absolute Gasteiger partial charge is 0.487 e. The highest BCUT2D eigenvalue weighted by molar-refractivity contribution is 6.32. The fourth-order valence-electron chi connectivity index (χ4n) is 2.07. The molecule has 130 valence electrons. The fraction of sp³-hybridized carbons (Fsp3) is 0.588. The maximum atomic E-state index is 12.4. The van der Waals surface area contributed by atoms with Gasteiger partial charge in [-0.3, -0.25) is 4.79 Å². The van der Waals surface area contributed by atoms with Crippen LogP contribution in [0.25, 0.3) is 0 Å². The van der Waals surface area contributed by atoms with Gasteiger partial charge in [-0.25, -0.2) is 0 Å². The van der Waals surface area contributed by atoms with Crippen molar-refractivity contribution in [1.82, 2.24) is 0 Å². The van der Waals surface area contributed by atoms with E-state index < -0.39 is 5.60 Å². The summed E-state index contributed by atoms with van der Waals surface area (Å²) in [4.78, 5) is 12.4. The van der Waals surface area contributed by atoms with Crippen LogP contribution in [0.3, 0.4) is 0 Å². The molecule has 6 heteroatoms. The lowest BCUT2D eigenvalue weighted by atomic mass is 10.0. The summed E-state index contributed by atoms with van der Waals surface area (Å²) in [5.74, 6) is 0.358. The Hall–Kier alpha value is -1.30. The Bertz CT molecular complexity index is 523. The second-order valence-corrected chi connectivity index (χ2v) is 5.91. The molecule has 0 fully saturated rings. The number of carbonyl (C=O) groups is 1. The number of carbonyl (C=O) groups excluding carboxylic acids is 1. The molecule has 23 heavy (non-hydrogen) atoms. The molecule has 0 heterocycles. The summed E-state index contributed by atoms with van der Waals surface area (Å²) in [7, 11) is 1.61. The van der Waals surface area contributed by atoms with Crippen LogP contribution in [-0.2, 0) is 14.3 Å². The van der Waals surface area contributed by atoms with Gasteiger partial charge in [0.25, 0.3) is 5.91 Å². The smallest absolute Gasteiger partial charge is 0.256 e. The van der Waals surface area contributed by atoms with Gasteiger partial charge in [0.2, 0.25) is 0 Å². The van der Waals surface area contributed by atoms with Crippen molar-refractivity contribution in [2.45, 2.75) is 45.8 Å². The molecular weight excluding hydrogens is 318 g/mol. The van der Waals surface area contributed by atoms with E-state index >= 15 is 0 Å². The highest BCUT2D eigenvalue weighted by atomic mass is 35.5. The predicted molar refractivity (Wildman–Crippen MR) is 92.4 cm³/mol. The second-order valence-electron chi connectivity index (χ2n) is 5.50. The minimum atomic E-state index is -0.858. The molecule has 1 aromatic carbocycles. The van der Waals surface area contributed by atoms with Crippen LogP contribution < -0.4 is 10.1 Å². The van der Waals surface area contributed by atoms with Crippen LogP contribution in [0, 0.1) is 0 Å². The molecule has 1 rings (SSSR count). The number of amides is 1. The average Bonchev–Trinajstić information content (AvgIpc) is 2.50. The molecule has 0 aromatic heterocycles. The molecule has 0 aliphatic heterocycles. The van der Waals surface area contributed by atoms with E-state index in [1.165, 1.54) is 0 Å². The molecule has 0 aliphatic rings. The van der Waals surface area contributed by atoms with Crippen molar-refractivity contribution >= 4 is 23.2 Å². The van der Waals surface area contributed by atoms with E-state index in [4.69, 9.17) is 25.8 Å². The number of nitrogens with one attached hydrogen (secondary N) is 1. The summed E-state index contributed by atoms with van der Waals surface area (Å²) >= 11 is 6.22. The Morgan fingerprint density at radius 1 is 1.39 bits per heavy atom. The quantitative estimate of drug-likeness (QED) is 0.738. The van der Waals surface area contributed by atoms with Gasteiger partial charge in [0.05, 0.1) is 11.6 Å². The van der Waals surface area contributed by atoms with Gasteiger partial charge in [0.1, 0.15) is 17.5 Å². The molecule has 2 atom stereocenters. The maximum absolute atomic E-state index is 12.4. The van der Waals surface area contributed by atoms with Gasteiger partial charge >= 0.3 is 0 Å². The zero-order valence-corrected chi connectivity index (χ0v) is 15.2. The Labute approximate surface area is 143 Å². The van der Waals surface area contributed by atoms with E-state index in [2.05, 4.69) is 5.32 Å². The number of benzene rings is 1. The zero-order chi connectivity index (χ0) is 17.5. The summed E-state index contributed by atoms with van der Waals surface area (Å²) in [6, 6.07) is 5.14. The second kappa shape index (κ2) is 9.11. The van der Waals surface area contributed by atoms with Crippen LogP contribution in [0.5, 0.6) is 5.75 Å². The van der Waals surface area contributed by atoms with E-state index in [9.17, 15) is 4.79 Å². The van der Waals surface area contributed by atoms with Gasteiger partial charge in [-0.2, -0.15) is 0 Å². The molecule has 0 saturated carbocycles. The third kappa shape index (κ3) is 5.68. The fourth-order valence-corrected chi connectivity index (χ4v) is 2.29. The molecule has 0 spiro atoms. The van der Waals surface area contributed by atoms with E-state index in [1.54, 1.807) is 32.2 Å². The molecule has 0 bridgehead atoms. The average molecular weight is 344 g/mol. The molecular formula is C17H26ClNO4. The van der Waals surface area contributed by atoms with Gasteiger partial charge < -0.3 is 19.5 Å². The SMILES string of the molecule is CCO[C@](C)(CC)C(=O)Nc1ccc(O[C@H](C)COC)c(Cl)c1. The highest BCUT2D eigenvalue weighted by Gasteiger charge is 2.31. The molecule has 0 aliphatic carbocycles. The van der Waals surface area contributed by atoms with E-state index in [1.807, 2.05) is 20.8 Å².